The molecule has 2 amide bonds. The number of anilines is 2. The Hall–Kier alpha value is -1.99. The maximum absolute atomic E-state index is 12.5. The van der Waals surface area contributed by atoms with Crippen LogP contribution in [0.3, 0.4) is 0 Å². The van der Waals surface area contributed by atoms with Crippen molar-refractivity contribution < 1.29 is 14.4 Å². The summed E-state index contributed by atoms with van der Waals surface area (Å²) in [7, 11) is 1.29. The first-order chi connectivity index (χ1) is 12.8. The van der Waals surface area contributed by atoms with Gasteiger partial charge < -0.3 is 15.5 Å². The third-order valence-electron chi connectivity index (χ3n) is 3.14. The molecule has 0 fully saturated rings. The largest absolute Gasteiger partial charge is 0.399 e. The van der Waals surface area contributed by atoms with Gasteiger partial charge in [-0.25, -0.2) is 0 Å². The molecule has 0 spiro atoms. The first kappa shape index (κ1) is 21.3. The van der Waals surface area contributed by atoms with Gasteiger partial charge in [-0.3, -0.25) is 9.59 Å². The molecule has 0 saturated carbocycles. The fourth-order valence-electron chi connectivity index (χ4n) is 2.07. The molecule has 0 bridgehead atoms. The fraction of sp³-hybridized carbons (Fsp3) is 0.118. The summed E-state index contributed by atoms with van der Waals surface area (Å²) in [5.41, 5.74) is 0.652. The zero-order chi connectivity index (χ0) is 20.0. The van der Waals surface area contributed by atoms with Gasteiger partial charge in [0.2, 0.25) is 11.8 Å². The molecule has 0 aliphatic carbocycles. The molecular weight excluding hydrogens is 436 g/mol. The van der Waals surface area contributed by atoms with Crippen molar-refractivity contribution >= 4 is 75.8 Å². The molecule has 0 radical (unpaired) electrons. The lowest BCUT2D eigenvalue weighted by Crippen LogP contribution is -2.35. The maximum Gasteiger partial charge on any atom is 0.242 e. The average Bonchev–Trinajstić information content (AvgIpc) is 2.53. The van der Waals surface area contributed by atoms with E-state index in [2.05, 4.69) is 20.6 Å². The number of rotatable bonds is 6. The molecule has 2 aromatic rings. The highest BCUT2D eigenvalue weighted by molar-refractivity contribution is 6.36. The molecule has 0 aliphatic rings. The molecule has 27 heavy (non-hydrogen) atoms. The van der Waals surface area contributed by atoms with Crippen LogP contribution < -0.4 is 10.6 Å². The predicted molar refractivity (Wildman–Crippen MR) is 109 cm³/mol. The zero-order valence-electron chi connectivity index (χ0n) is 13.8. The molecule has 10 heteroatoms. The molecular formula is C17H13Cl4N3O3. The Kier molecular flexibility index (Phi) is 7.74. The van der Waals surface area contributed by atoms with Crippen molar-refractivity contribution in [2.45, 2.75) is 0 Å². The number of hydrogen-bond donors (Lipinski definition) is 2. The van der Waals surface area contributed by atoms with Crippen LogP contribution in [0.15, 0.2) is 41.6 Å². The van der Waals surface area contributed by atoms with Crippen molar-refractivity contribution in [1.82, 2.24) is 0 Å². The van der Waals surface area contributed by atoms with E-state index in [0.717, 1.165) is 6.21 Å². The van der Waals surface area contributed by atoms with Gasteiger partial charge in [0.1, 0.15) is 7.11 Å². The Labute approximate surface area is 175 Å². The van der Waals surface area contributed by atoms with E-state index in [1.807, 2.05) is 0 Å². The molecule has 2 rings (SSSR count). The molecule has 0 heterocycles. The molecule has 2 aromatic carbocycles. The van der Waals surface area contributed by atoms with Crippen LogP contribution in [0.25, 0.3) is 0 Å². The molecule has 2 N–H and O–H groups in total. The van der Waals surface area contributed by atoms with Crippen molar-refractivity contribution in [1.29, 1.82) is 0 Å². The summed E-state index contributed by atoms with van der Waals surface area (Å²) in [6.45, 7) is 0. The third-order valence-corrected chi connectivity index (χ3v) is 4.01. The van der Waals surface area contributed by atoms with Gasteiger partial charge in [-0.1, -0.05) is 51.6 Å². The van der Waals surface area contributed by atoms with Gasteiger partial charge in [0.15, 0.2) is 5.92 Å². The van der Waals surface area contributed by atoms with Crippen LogP contribution in [0.4, 0.5) is 11.4 Å². The minimum absolute atomic E-state index is 0.326. The van der Waals surface area contributed by atoms with Gasteiger partial charge in [-0.2, -0.15) is 0 Å². The Morgan fingerprint density at radius 1 is 0.852 bits per heavy atom. The Bertz CT molecular complexity index is 784. The second kappa shape index (κ2) is 9.80. The third kappa shape index (κ3) is 6.59. The fourth-order valence-corrected chi connectivity index (χ4v) is 3.12. The first-order valence-corrected chi connectivity index (χ1v) is 8.90. The molecule has 0 unspecified atom stereocenters. The minimum atomic E-state index is -1.31. The standard InChI is InChI=1S/C17H13Cl4N3O3/c1-27-22-8-15(16(25)23-13-4-9(18)2-10(19)5-13)17(26)24-14-6-11(20)3-12(21)7-14/h2-8,15H,1H3,(H,23,25)(H,24,26)/b22-8+. The molecule has 142 valence electrons. The number of carbonyl (C=O) groups excluding carboxylic acids is 2. The Morgan fingerprint density at radius 2 is 1.22 bits per heavy atom. The first-order valence-electron chi connectivity index (χ1n) is 7.39. The van der Waals surface area contributed by atoms with E-state index in [1.54, 1.807) is 0 Å². The van der Waals surface area contributed by atoms with Gasteiger partial charge in [0.05, 0.1) is 6.21 Å². The number of nitrogens with one attached hydrogen (secondary N) is 2. The van der Waals surface area contributed by atoms with Gasteiger partial charge in [-0.15, -0.1) is 0 Å². The normalized spacial score (nSPS) is 10.9. The van der Waals surface area contributed by atoms with E-state index in [4.69, 9.17) is 46.4 Å². The summed E-state index contributed by atoms with van der Waals surface area (Å²) in [5, 5.41) is 9.95. The van der Waals surface area contributed by atoms with Gasteiger partial charge in [0, 0.05) is 31.5 Å². The molecule has 0 atom stereocenters. The van der Waals surface area contributed by atoms with Crippen molar-refractivity contribution in [2.75, 3.05) is 17.7 Å². The smallest absolute Gasteiger partial charge is 0.242 e. The van der Waals surface area contributed by atoms with E-state index >= 15 is 0 Å². The molecule has 0 aliphatic heterocycles. The molecule has 0 saturated heterocycles. The summed E-state index contributed by atoms with van der Waals surface area (Å²) in [6.07, 6.45) is 1.06. The number of halogens is 4. The van der Waals surface area contributed by atoms with Crippen LogP contribution in [-0.4, -0.2) is 25.1 Å². The lowest BCUT2D eigenvalue weighted by atomic mass is 10.1. The van der Waals surface area contributed by atoms with Crippen LogP contribution in [0.2, 0.25) is 20.1 Å². The Morgan fingerprint density at radius 3 is 1.56 bits per heavy atom. The lowest BCUT2D eigenvalue weighted by molar-refractivity contribution is -0.126. The van der Waals surface area contributed by atoms with Crippen LogP contribution in [0, 0.1) is 5.92 Å². The number of hydrogen-bond acceptors (Lipinski definition) is 4. The van der Waals surface area contributed by atoms with E-state index in [-0.39, 0.29) is 0 Å². The predicted octanol–water partition coefficient (Wildman–Crippen LogP) is 5.13. The topological polar surface area (TPSA) is 79.8 Å². The van der Waals surface area contributed by atoms with E-state index < -0.39 is 17.7 Å². The lowest BCUT2D eigenvalue weighted by Gasteiger charge is -2.14. The van der Waals surface area contributed by atoms with Crippen LogP contribution in [0.1, 0.15) is 0 Å². The second-order valence-corrected chi connectivity index (χ2v) is 6.96. The van der Waals surface area contributed by atoms with E-state index in [1.165, 1.54) is 43.5 Å². The van der Waals surface area contributed by atoms with Crippen molar-refractivity contribution in [3.05, 3.63) is 56.5 Å². The average molecular weight is 449 g/mol. The summed E-state index contributed by atoms with van der Waals surface area (Å²) >= 11 is 23.6. The molecule has 0 aromatic heterocycles. The number of carbonyl (C=O) groups is 2. The molecule has 6 nitrogen and oxygen atoms in total. The second-order valence-electron chi connectivity index (χ2n) is 5.21. The summed E-state index contributed by atoms with van der Waals surface area (Å²) in [6, 6.07) is 8.99. The number of benzene rings is 2. The number of amides is 2. The number of nitrogens with zero attached hydrogens (tertiary/aromatic N) is 1. The van der Waals surface area contributed by atoms with Crippen LogP contribution >= 0.6 is 46.4 Å². The maximum atomic E-state index is 12.5. The monoisotopic (exact) mass is 447 g/mol. The van der Waals surface area contributed by atoms with E-state index in [9.17, 15) is 9.59 Å². The van der Waals surface area contributed by atoms with Gasteiger partial charge in [0.25, 0.3) is 0 Å². The Balaban J connectivity index is 2.20. The SMILES string of the molecule is CO/N=C/C(C(=O)Nc1cc(Cl)cc(Cl)c1)C(=O)Nc1cc(Cl)cc(Cl)c1. The number of oxime groups is 1. The van der Waals surface area contributed by atoms with Gasteiger partial charge >= 0.3 is 0 Å². The zero-order valence-corrected chi connectivity index (χ0v) is 16.8. The van der Waals surface area contributed by atoms with Crippen molar-refractivity contribution in [3.8, 4) is 0 Å². The summed E-state index contributed by atoms with van der Waals surface area (Å²) in [5.74, 6) is -2.64. The highest BCUT2D eigenvalue weighted by Crippen LogP contribution is 2.24. The summed E-state index contributed by atoms with van der Waals surface area (Å²) in [4.78, 5) is 29.7. The van der Waals surface area contributed by atoms with Crippen LogP contribution in [0.5, 0.6) is 0 Å². The van der Waals surface area contributed by atoms with E-state index in [0.29, 0.717) is 31.5 Å². The highest BCUT2D eigenvalue weighted by atomic mass is 35.5. The quantitative estimate of drug-likeness (QED) is 0.365. The van der Waals surface area contributed by atoms with Crippen molar-refractivity contribution in [2.24, 2.45) is 11.1 Å². The van der Waals surface area contributed by atoms with Crippen molar-refractivity contribution in [3.63, 3.8) is 0 Å². The minimum Gasteiger partial charge on any atom is -0.399 e. The summed E-state index contributed by atoms with van der Waals surface area (Å²) < 4.78 is 0. The highest BCUT2D eigenvalue weighted by Gasteiger charge is 2.26. The van der Waals surface area contributed by atoms with Gasteiger partial charge in [-0.05, 0) is 36.4 Å². The van der Waals surface area contributed by atoms with Crippen LogP contribution in [-0.2, 0) is 14.4 Å².